The van der Waals surface area contributed by atoms with Gasteiger partial charge in [-0.2, -0.15) is 0 Å². The van der Waals surface area contributed by atoms with Crippen molar-refractivity contribution in [1.82, 2.24) is 0 Å². The lowest BCUT2D eigenvalue weighted by Gasteiger charge is -2.43. The molecule has 0 bridgehead atoms. The summed E-state index contributed by atoms with van der Waals surface area (Å²) in [5, 5.41) is 19.9. The Hall–Kier alpha value is -0.860. The molecule has 24 heavy (non-hydrogen) atoms. The maximum atomic E-state index is 10.0. The van der Waals surface area contributed by atoms with Crippen LogP contribution in [0.25, 0.3) is 0 Å². The standard InChI is InChI=1S/C22H33O2/c1-14(2)19-9-10-20-16(6-5-11-22(19,20)4)7-8-17-12-18(23)13-21(24)15(17)3/h7-8,14,18-21,23-24H,1,3,5-6,9-13H2,2,4H3/b16-7+,17-8-/t14?,18?,19-,20+,21?,22-/m1/s1. The van der Waals surface area contributed by atoms with Gasteiger partial charge in [0.2, 0.25) is 0 Å². The van der Waals surface area contributed by atoms with Gasteiger partial charge in [0, 0.05) is 6.42 Å². The Labute approximate surface area is 147 Å². The van der Waals surface area contributed by atoms with Crippen molar-refractivity contribution in [3.63, 3.8) is 0 Å². The number of hydrogen-bond donors (Lipinski definition) is 2. The molecule has 0 saturated heterocycles. The van der Waals surface area contributed by atoms with E-state index in [0.29, 0.717) is 30.1 Å². The summed E-state index contributed by atoms with van der Waals surface area (Å²) in [5.74, 6) is 1.91. The first-order chi connectivity index (χ1) is 11.3. The topological polar surface area (TPSA) is 40.5 Å². The summed E-state index contributed by atoms with van der Waals surface area (Å²) in [6.07, 6.45) is 10.7. The molecule has 0 aromatic heterocycles. The number of aliphatic hydroxyl groups excluding tert-OH is 2. The zero-order valence-corrected chi connectivity index (χ0v) is 15.3. The molecule has 2 heteroatoms. The minimum Gasteiger partial charge on any atom is -0.393 e. The van der Waals surface area contributed by atoms with Gasteiger partial charge >= 0.3 is 0 Å². The first kappa shape index (κ1) is 17.9. The van der Waals surface area contributed by atoms with Crippen LogP contribution in [-0.4, -0.2) is 22.4 Å². The van der Waals surface area contributed by atoms with E-state index in [9.17, 15) is 10.2 Å². The van der Waals surface area contributed by atoms with Gasteiger partial charge in [0.25, 0.3) is 0 Å². The fraction of sp³-hybridized carbons (Fsp3) is 0.682. The van der Waals surface area contributed by atoms with E-state index in [1.54, 1.807) is 5.57 Å². The summed E-state index contributed by atoms with van der Waals surface area (Å²) >= 11 is 0. The lowest BCUT2D eigenvalue weighted by atomic mass is 9.61. The highest BCUT2D eigenvalue weighted by molar-refractivity contribution is 5.38. The summed E-state index contributed by atoms with van der Waals surface area (Å²) in [6, 6.07) is 0. The van der Waals surface area contributed by atoms with E-state index in [-0.39, 0.29) is 0 Å². The van der Waals surface area contributed by atoms with Crippen LogP contribution in [0.15, 0.2) is 35.5 Å². The maximum Gasteiger partial charge on any atom is 0.0811 e. The SMILES string of the molecule is [CH2]C(C)[C@H]1CC[C@H]2/C(=C/C=C3/CC(O)CC(O)C3=C)CCC[C@]12C. The molecule has 133 valence electrons. The van der Waals surface area contributed by atoms with Crippen LogP contribution in [0.3, 0.4) is 0 Å². The Morgan fingerprint density at radius 1 is 1.25 bits per heavy atom. The molecular weight excluding hydrogens is 296 g/mol. The van der Waals surface area contributed by atoms with E-state index >= 15 is 0 Å². The minimum atomic E-state index is -0.599. The van der Waals surface area contributed by atoms with Gasteiger partial charge in [-0.1, -0.05) is 45.1 Å². The fourth-order valence-corrected chi connectivity index (χ4v) is 5.68. The van der Waals surface area contributed by atoms with Crippen molar-refractivity contribution in [1.29, 1.82) is 0 Å². The number of aliphatic hydroxyl groups is 2. The lowest BCUT2D eigenvalue weighted by Crippen LogP contribution is -2.35. The number of fused-ring (bicyclic) bond motifs is 1. The zero-order valence-electron chi connectivity index (χ0n) is 15.3. The average molecular weight is 330 g/mol. The summed E-state index contributed by atoms with van der Waals surface area (Å²) < 4.78 is 0. The Morgan fingerprint density at radius 3 is 2.71 bits per heavy atom. The molecule has 3 rings (SSSR count). The molecule has 2 N–H and O–H groups in total. The zero-order chi connectivity index (χ0) is 17.5. The Balaban J connectivity index is 1.83. The van der Waals surface area contributed by atoms with E-state index in [4.69, 9.17) is 0 Å². The molecule has 0 amide bonds. The molecule has 2 nitrogen and oxygen atoms in total. The van der Waals surface area contributed by atoms with Gasteiger partial charge in [0.05, 0.1) is 12.2 Å². The van der Waals surface area contributed by atoms with E-state index in [0.717, 1.165) is 17.1 Å². The summed E-state index contributed by atoms with van der Waals surface area (Å²) in [6.45, 7) is 13.1. The molecular formula is C22H33O2. The van der Waals surface area contributed by atoms with Gasteiger partial charge in [0.1, 0.15) is 0 Å². The van der Waals surface area contributed by atoms with Crippen LogP contribution >= 0.6 is 0 Å². The second-order valence-electron chi connectivity index (χ2n) is 8.64. The van der Waals surface area contributed by atoms with Crippen LogP contribution in [0.5, 0.6) is 0 Å². The smallest absolute Gasteiger partial charge is 0.0811 e. The number of rotatable bonds is 2. The molecule has 0 spiro atoms. The van der Waals surface area contributed by atoms with Crippen molar-refractivity contribution >= 4 is 0 Å². The fourth-order valence-electron chi connectivity index (χ4n) is 5.68. The van der Waals surface area contributed by atoms with Gasteiger partial charge < -0.3 is 10.2 Å². The summed E-state index contributed by atoms with van der Waals surface area (Å²) in [5.41, 5.74) is 3.75. The highest BCUT2D eigenvalue weighted by Crippen LogP contribution is 2.59. The minimum absolute atomic E-state index is 0.395. The van der Waals surface area contributed by atoms with Gasteiger partial charge in [-0.15, -0.1) is 0 Å². The molecule has 3 aliphatic rings. The van der Waals surface area contributed by atoms with Crippen LogP contribution in [0.2, 0.25) is 0 Å². The number of hydrogen-bond acceptors (Lipinski definition) is 2. The van der Waals surface area contributed by atoms with Crippen molar-refractivity contribution in [2.45, 2.75) is 71.0 Å². The Morgan fingerprint density at radius 2 is 2.00 bits per heavy atom. The van der Waals surface area contributed by atoms with E-state index in [1.807, 2.05) is 0 Å². The van der Waals surface area contributed by atoms with Crippen LogP contribution in [0.4, 0.5) is 0 Å². The summed E-state index contributed by atoms with van der Waals surface area (Å²) in [7, 11) is 0. The molecule has 3 unspecified atom stereocenters. The van der Waals surface area contributed by atoms with Crippen molar-refractivity contribution in [2.24, 2.45) is 23.2 Å². The second-order valence-corrected chi connectivity index (χ2v) is 8.64. The van der Waals surface area contributed by atoms with Crippen molar-refractivity contribution in [3.05, 3.63) is 42.4 Å². The van der Waals surface area contributed by atoms with Gasteiger partial charge in [-0.3, -0.25) is 0 Å². The van der Waals surface area contributed by atoms with Gasteiger partial charge in [-0.25, -0.2) is 0 Å². The predicted octanol–water partition coefficient (Wildman–Crippen LogP) is 4.60. The van der Waals surface area contributed by atoms with Crippen LogP contribution in [0, 0.1) is 30.1 Å². The molecule has 3 fully saturated rings. The average Bonchev–Trinajstić information content (AvgIpc) is 2.87. The van der Waals surface area contributed by atoms with Gasteiger partial charge in [-0.05, 0) is 72.8 Å². The van der Waals surface area contributed by atoms with Gasteiger partial charge in [0.15, 0.2) is 0 Å². The predicted molar refractivity (Wildman–Crippen MR) is 99.2 cm³/mol. The third-order valence-corrected chi connectivity index (χ3v) is 6.99. The van der Waals surface area contributed by atoms with Crippen molar-refractivity contribution in [3.8, 4) is 0 Å². The molecule has 3 aliphatic carbocycles. The molecule has 6 atom stereocenters. The quantitative estimate of drug-likeness (QED) is 0.777. The number of allylic oxidation sites excluding steroid dienone is 3. The van der Waals surface area contributed by atoms with E-state index < -0.39 is 12.2 Å². The van der Waals surface area contributed by atoms with E-state index in [1.165, 1.54) is 32.1 Å². The van der Waals surface area contributed by atoms with Crippen LogP contribution in [0.1, 0.15) is 58.8 Å². The molecule has 1 radical (unpaired) electrons. The highest BCUT2D eigenvalue weighted by Gasteiger charge is 2.49. The first-order valence-electron chi connectivity index (χ1n) is 9.61. The normalized spacial score (nSPS) is 43.7. The van der Waals surface area contributed by atoms with Crippen LogP contribution < -0.4 is 0 Å². The van der Waals surface area contributed by atoms with Crippen molar-refractivity contribution < 1.29 is 10.2 Å². The molecule has 0 aliphatic heterocycles. The third-order valence-electron chi connectivity index (χ3n) is 6.99. The monoisotopic (exact) mass is 329 g/mol. The molecule has 0 aromatic carbocycles. The Kier molecular flexibility index (Phi) is 5.09. The third kappa shape index (κ3) is 3.15. The van der Waals surface area contributed by atoms with Crippen molar-refractivity contribution in [2.75, 3.05) is 0 Å². The summed E-state index contributed by atoms with van der Waals surface area (Å²) in [4.78, 5) is 0. The lowest BCUT2D eigenvalue weighted by molar-refractivity contribution is 0.0862. The Bertz CT molecular complexity index is 556. The largest absolute Gasteiger partial charge is 0.393 e. The maximum absolute atomic E-state index is 10.0. The molecule has 0 heterocycles. The molecule has 3 saturated carbocycles. The first-order valence-corrected chi connectivity index (χ1v) is 9.61. The highest BCUT2D eigenvalue weighted by atomic mass is 16.3. The van der Waals surface area contributed by atoms with E-state index in [2.05, 4.69) is 39.5 Å². The van der Waals surface area contributed by atoms with Crippen LogP contribution in [-0.2, 0) is 0 Å². The second kappa shape index (κ2) is 6.80. The molecule has 0 aromatic rings.